The third kappa shape index (κ3) is 4.46. The highest BCUT2D eigenvalue weighted by Gasteiger charge is 2.29. The molecule has 1 saturated heterocycles. The van der Waals surface area contributed by atoms with Gasteiger partial charge in [0.05, 0.1) is 7.11 Å². The minimum Gasteiger partial charge on any atom is -0.497 e. The van der Waals surface area contributed by atoms with E-state index in [1.807, 2.05) is 54.3 Å². The van der Waals surface area contributed by atoms with Crippen LogP contribution in [0.1, 0.15) is 34.2 Å². The van der Waals surface area contributed by atoms with E-state index >= 15 is 0 Å². The molecule has 1 amide bonds. The van der Waals surface area contributed by atoms with Crippen LogP contribution in [0, 0.1) is 6.92 Å². The van der Waals surface area contributed by atoms with Crippen LogP contribution in [-0.4, -0.2) is 53.0 Å². The first-order valence-corrected chi connectivity index (χ1v) is 10.9. The number of hydrogen-bond donors (Lipinski definition) is 0. The Labute approximate surface area is 181 Å². The van der Waals surface area contributed by atoms with Crippen molar-refractivity contribution in [2.45, 2.75) is 26.3 Å². The largest absolute Gasteiger partial charge is 0.497 e. The van der Waals surface area contributed by atoms with Crippen LogP contribution in [0.2, 0.25) is 0 Å². The van der Waals surface area contributed by atoms with Gasteiger partial charge in [0.15, 0.2) is 0 Å². The number of piperazine rings is 1. The molecule has 0 spiro atoms. The maximum Gasteiger partial charge on any atom is 0.254 e. The summed E-state index contributed by atoms with van der Waals surface area (Å²) in [7, 11) is 1.67. The lowest BCUT2D eigenvalue weighted by atomic mass is 10.1. The number of aryl methyl sites for hydroxylation is 1. The number of rotatable bonds is 5. The SMILES string of the molecule is COc1cccc(Cc2nsc(N3CCN(C(=O)c4ccc(C)cc4)C(C)C3)n2)c1. The van der Waals surface area contributed by atoms with Crippen molar-refractivity contribution in [3.8, 4) is 5.75 Å². The van der Waals surface area contributed by atoms with Crippen LogP contribution in [0.25, 0.3) is 0 Å². The molecule has 1 aliphatic rings. The summed E-state index contributed by atoms with van der Waals surface area (Å²) >= 11 is 1.43. The van der Waals surface area contributed by atoms with E-state index in [2.05, 4.69) is 22.3 Å². The Kier molecular flexibility index (Phi) is 5.99. The Morgan fingerprint density at radius 1 is 1.20 bits per heavy atom. The van der Waals surface area contributed by atoms with Crippen LogP contribution < -0.4 is 9.64 Å². The highest BCUT2D eigenvalue weighted by Crippen LogP contribution is 2.24. The number of nitrogens with zero attached hydrogens (tertiary/aromatic N) is 4. The zero-order valence-corrected chi connectivity index (χ0v) is 18.4. The monoisotopic (exact) mass is 422 g/mol. The normalized spacial score (nSPS) is 16.6. The Hall–Kier alpha value is -2.93. The van der Waals surface area contributed by atoms with E-state index in [1.54, 1.807) is 7.11 Å². The molecule has 1 aromatic heterocycles. The Morgan fingerprint density at radius 2 is 2.00 bits per heavy atom. The fraction of sp³-hybridized carbons (Fsp3) is 0.348. The topological polar surface area (TPSA) is 58.6 Å². The fourth-order valence-corrected chi connectivity index (χ4v) is 4.42. The molecule has 156 valence electrons. The van der Waals surface area contributed by atoms with Gasteiger partial charge in [-0.05, 0) is 43.7 Å². The molecule has 1 aliphatic heterocycles. The van der Waals surface area contributed by atoms with Crippen LogP contribution in [0.5, 0.6) is 5.75 Å². The minimum absolute atomic E-state index is 0.0955. The van der Waals surface area contributed by atoms with E-state index in [1.165, 1.54) is 11.5 Å². The van der Waals surface area contributed by atoms with Crippen LogP contribution in [0.4, 0.5) is 5.13 Å². The first kappa shape index (κ1) is 20.3. The summed E-state index contributed by atoms with van der Waals surface area (Å²) < 4.78 is 9.84. The molecule has 6 nitrogen and oxygen atoms in total. The summed E-state index contributed by atoms with van der Waals surface area (Å²) in [4.78, 5) is 21.8. The van der Waals surface area contributed by atoms with Crippen LogP contribution >= 0.6 is 11.5 Å². The number of benzene rings is 2. The second-order valence-electron chi connectivity index (χ2n) is 7.68. The maximum absolute atomic E-state index is 12.9. The molecule has 3 aromatic rings. The molecule has 1 fully saturated rings. The molecule has 0 saturated carbocycles. The molecule has 0 aliphatic carbocycles. The standard InChI is InChI=1S/C23H26N4O2S/c1-16-7-9-19(10-8-16)22(28)27-12-11-26(15-17(27)2)23-24-21(25-30-23)14-18-5-4-6-20(13-18)29-3/h4-10,13,17H,11-12,14-15H2,1-3H3. The average Bonchev–Trinajstić information content (AvgIpc) is 3.22. The van der Waals surface area contributed by atoms with Gasteiger partial charge in [-0.1, -0.05) is 29.8 Å². The highest BCUT2D eigenvalue weighted by atomic mass is 32.1. The van der Waals surface area contributed by atoms with Crippen molar-refractivity contribution < 1.29 is 9.53 Å². The highest BCUT2D eigenvalue weighted by molar-refractivity contribution is 7.09. The summed E-state index contributed by atoms with van der Waals surface area (Å²) in [6, 6.07) is 15.9. The quantitative estimate of drug-likeness (QED) is 0.626. The number of carbonyl (C=O) groups excluding carboxylic acids is 1. The van der Waals surface area contributed by atoms with Gasteiger partial charge in [-0.25, -0.2) is 4.98 Å². The van der Waals surface area contributed by atoms with Crippen molar-refractivity contribution in [3.63, 3.8) is 0 Å². The molecular weight excluding hydrogens is 396 g/mol. The van der Waals surface area contributed by atoms with Gasteiger partial charge >= 0.3 is 0 Å². The van der Waals surface area contributed by atoms with E-state index in [9.17, 15) is 4.79 Å². The van der Waals surface area contributed by atoms with E-state index in [4.69, 9.17) is 9.72 Å². The molecule has 7 heteroatoms. The molecule has 0 radical (unpaired) electrons. The lowest BCUT2D eigenvalue weighted by molar-refractivity contribution is 0.0674. The molecule has 0 bridgehead atoms. The molecule has 2 aromatic carbocycles. The summed E-state index contributed by atoms with van der Waals surface area (Å²) in [5, 5.41) is 0.919. The number of amides is 1. The van der Waals surface area contributed by atoms with E-state index < -0.39 is 0 Å². The minimum atomic E-state index is 0.0955. The Bertz CT molecular complexity index is 1020. The lowest BCUT2D eigenvalue weighted by Crippen LogP contribution is -2.54. The zero-order valence-electron chi connectivity index (χ0n) is 17.5. The zero-order chi connectivity index (χ0) is 21.1. The van der Waals surface area contributed by atoms with Gasteiger partial charge < -0.3 is 14.5 Å². The van der Waals surface area contributed by atoms with Crippen LogP contribution in [0.15, 0.2) is 48.5 Å². The van der Waals surface area contributed by atoms with Crippen molar-refractivity contribution >= 4 is 22.6 Å². The number of carbonyl (C=O) groups is 1. The summed E-state index contributed by atoms with van der Waals surface area (Å²) in [6.07, 6.45) is 0.676. The van der Waals surface area contributed by atoms with E-state index in [-0.39, 0.29) is 11.9 Å². The van der Waals surface area contributed by atoms with E-state index in [0.29, 0.717) is 13.0 Å². The fourth-order valence-electron chi connectivity index (χ4n) is 3.71. The maximum atomic E-state index is 12.9. The summed E-state index contributed by atoms with van der Waals surface area (Å²) in [5.41, 5.74) is 3.03. The third-order valence-electron chi connectivity index (χ3n) is 5.41. The third-order valence-corrected chi connectivity index (χ3v) is 6.23. The predicted molar refractivity (Wildman–Crippen MR) is 120 cm³/mol. The second kappa shape index (κ2) is 8.83. The first-order valence-electron chi connectivity index (χ1n) is 10.1. The second-order valence-corrected chi connectivity index (χ2v) is 8.41. The van der Waals surface area contributed by atoms with Crippen molar-refractivity contribution in [2.24, 2.45) is 0 Å². The predicted octanol–water partition coefficient (Wildman–Crippen LogP) is 3.80. The average molecular weight is 423 g/mol. The van der Waals surface area contributed by atoms with Crippen LogP contribution in [0.3, 0.4) is 0 Å². The number of methoxy groups -OCH3 is 1. The van der Waals surface area contributed by atoms with Crippen molar-refractivity contribution in [2.75, 3.05) is 31.6 Å². The molecule has 0 N–H and O–H groups in total. The molecule has 4 rings (SSSR count). The van der Waals surface area contributed by atoms with Gasteiger partial charge in [0.1, 0.15) is 11.6 Å². The molecule has 1 atom stereocenters. The van der Waals surface area contributed by atoms with Crippen LogP contribution in [-0.2, 0) is 6.42 Å². The molecule has 1 unspecified atom stereocenters. The smallest absolute Gasteiger partial charge is 0.254 e. The number of anilines is 1. The van der Waals surface area contributed by atoms with Crippen molar-refractivity contribution in [1.29, 1.82) is 0 Å². The number of aromatic nitrogens is 2. The van der Waals surface area contributed by atoms with E-state index in [0.717, 1.165) is 46.5 Å². The molecule has 2 heterocycles. The first-order chi connectivity index (χ1) is 14.5. The van der Waals surface area contributed by atoms with Crippen molar-refractivity contribution in [1.82, 2.24) is 14.3 Å². The Balaban J connectivity index is 1.40. The van der Waals surface area contributed by atoms with Gasteiger partial charge in [-0.3, -0.25) is 4.79 Å². The number of hydrogen-bond acceptors (Lipinski definition) is 6. The number of ether oxygens (including phenoxy) is 1. The molecular formula is C23H26N4O2S. The molecule has 30 heavy (non-hydrogen) atoms. The summed E-state index contributed by atoms with van der Waals surface area (Å²) in [5.74, 6) is 1.75. The summed E-state index contributed by atoms with van der Waals surface area (Å²) in [6.45, 7) is 6.32. The van der Waals surface area contributed by atoms with Gasteiger partial charge in [-0.15, -0.1) is 0 Å². The Morgan fingerprint density at radius 3 is 2.73 bits per heavy atom. The van der Waals surface area contributed by atoms with Gasteiger partial charge in [0.25, 0.3) is 5.91 Å². The van der Waals surface area contributed by atoms with Gasteiger partial charge in [-0.2, -0.15) is 4.37 Å². The van der Waals surface area contributed by atoms with Gasteiger partial charge in [0.2, 0.25) is 5.13 Å². The lowest BCUT2D eigenvalue weighted by Gasteiger charge is -2.39. The van der Waals surface area contributed by atoms with Crippen molar-refractivity contribution in [3.05, 3.63) is 71.0 Å². The van der Waals surface area contributed by atoms with Gasteiger partial charge in [0, 0.05) is 49.2 Å².